The van der Waals surface area contributed by atoms with Crippen LogP contribution in [0.15, 0.2) is 66.7 Å². The molecule has 0 aromatic heterocycles. The molecule has 0 aliphatic rings. The summed E-state index contributed by atoms with van der Waals surface area (Å²) in [5.74, 6) is -0.825. The Morgan fingerprint density at radius 3 is 2.17 bits per heavy atom. The van der Waals surface area contributed by atoms with Gasteiger partial charge in [0, 0.05) is 18.8 Å². The Morgan fingerprint density at radius 2 is 1.57 bits per heavy atom. The van der Waals surface area contributed by atoms with Crippen LogP contribution in [0, 0.1) is 0 Å². The van der Waals surface area contributed by atoms with Gasteiger partial charge in [0.05, 0.1) is 0 Å². The van der Waals surface area contributed by atoms with E-state index >= 15 is 0 Å². The first-order chi connectivity index (χ1) is 11.1. The van der Waals surface area contributed by atoms with Crippen molar-refractivity contribution in [3.05, 3.63) is 72.3 Å². The lowest BCUT2D eigenvalue weighted by molar-refractivity contribution is -0.148. The summed E-state index contributed by atoms with van der Waals surface area (Å²) < 4.78 is 5.16. The van der Waals surface area contributed by atoms with Crippen LogP contribution in [0.3, 0.4) is 0 Å². The molecule has 0 saturated carbocycles. The molecule has 0 unspecified atom stereocenters. The second kappa shape index (κ2) is 7.94. The number of esters is 1. The predicted octanol–water partition coefficient (Wildman–Crippen LogP) is 3.29. The maximum atomic E-state index is 12.3. The van der Waals surface area contributed by atoms with E-state index in [4.69, 9.17) is 4.74 Å². The van der Waals surface area contributed by atoms with Gasteiger partial charge in [-0.3, -0.25) is 4.79 Å². The van der Waals surface area contributed by atoms with E-state index in [-0.39, 0.29) is 5.91 Å². The van der Waals surface area contributed by atoms with Gasteiger partial charge >= 0.3 is 5.97 Å². The van der Waals surface area contributed by atoms with Crippen LogP contribution >= 0.6 is 0 Å². The predicted molar refractivity (Wildman–Crippen MR) is 90.9 cm³/mol. The van der Waals surface area contributed by atoms with Crippen LogP contribution in [0.1, 0.15) is 12.5 Å². The van der Waals surface area contributed by atoms with E-state index in [0.29, 0.717) is 0 Å². The second-order valence-electron chi connectivity index (χ2n) is 5.06. The van der Waals surface area contributed by atoms with Crippen LogP contribution in [-0.4, -0.2) is 25.0 Å². The number of rotatable bonds is 5. The van der Waals surface area contributed by atoms with Gasteiger partial charge in [-0.2, -0.15) is 0 Å². The average Bonchev–Trinajstić information content (AvgIpc) is 2.60. The first-order valence-electron chi connectivity index (χ1n) is 7.34. The molecule has 0 aliphatic heterocycles. The summed E-state index contributed by atoms with van der Waals surface area (Å²) in [5.41, 5.74) is 1.64. The van der Waals surface area contributed by atoms with Crippen molar-refractivity contribution < 1.29 is 14.3 Å². The maximum Gasteiger partial charge on any atom is 0.331 e. The Bertz CT molecular complexity index is 680. The number of benzene rings is 2. The highest BCUT2D eigenvalue weighted by atomic mass is 16.5. The number of hydrogen-bond donors (Lipinski definition) is 0. The lowest BCUT2D eigenvalue weighted by atomic mass is 10.2. The van der Waals surface area contributed by atoms with Crippen molar-refractivity contribution in [3.63, 3.8) is 0 Å². The Kier molecular flexibility index (Phi) is 5.69. The van der Waals surface area contributed by atoms with Crippen LogP contribution in [0.4, 0.5) is 5.69 Å². The number of likely N-dealkylation sites (N-methyl/N-ethyl adjacent to an activating group) is 1. The van der Waals surface area contributed by atoms with Crippen molar-refractivity contribution >= 4 is 23.6 Å². The average molecular weight is 309 g/mol. The number of carbonyl (C=O) groups excluding carboxylic acids is 2. The fraction of sp³-hybridized carbons (Fsp3) is 0.158. The van der Waals surface area contributed by atoms with Gasteiger partial charge in [0.2, 0.25) is 0 Å². The van der Waals surface area contributed by atoms with Crippen molar-refractivity contribution in [2.24, 2.45) is 0 Å². The summed E-state index contributed by atoms with van der Waals surface area (Å²) in [6.07, 6.45) is 2.12. The molecule has 2 aromatic rings. The summed E-state index contributed by atoms with van der Waals surface area (Å²) in [7, 11) is 1.65. The number of carbonyl (C=O) groups is 2. The van der Waals surface area contributed by atoms with Crippen molar-refractivity contribution in [2.75, 3.05) is 11.9 Å². The van der Waals surface area contributed by atoms with Crippen LogP contribution in [0.25, 0.3) is 6.08 Å². The highest BCUT2D eigenvalue weighted by Gasteiger charge is 2.21. The molecule has 0 aliphatic carbocycles. The minimum Gasteiger partial charge on any atom is -0.449 e. The van der Waals surface area contributed by atoms with E-state index < -0.39 is 12.1 Å². The van der Waals surface area contributed by atoms with Gasteiger partial charge in [-0.25, -0.2) is 4.79 Å². The van der Waals surface area contributed by atoms with E-state index in [2.05, 4.69) is 0 Å². The molecule has 0 saturated heterocycles. The topological polar surface area (TPSA) is 46.6 Å². The molecule has 4 nitrogen and oxygen atoms in total. The van der Waals surface area contributed by atoms with Crippen LogP contribution in [-0.2, 0) is 14.3 Å². The molecular weight excluding hydrogens is 290 g/mol. The van der Waals surface area contributed by atoms with E-state index in [9.17, 15) is 9.59 Å². The molecule has 0 bridgehead atoms. The smallest absolute Gasteiger partial charge is 0.331 e. The number of hydrogen-bond acceptors (Lipinski definition) is 3. The summed E-state index contributed by atoms with van der Waals surface area (Å²) in [4.78, 5) is 25.6. The van der Waals surface area contributed by atoms with Gasteiger partial charge in [-0.15, -0.1) is 0 Å². The normalized spacial score (nSPS) is 11.9. The molecule has 1 atom stereocenters. The van der Waals surface area contributed by atoms with Gasteiger partial charge in [0.25, 0.3) is 5.91 Å². The number of ether oxygens (including phenoxy) is 1. The number of anilines is 1. The standard InChI is InChI=1S/C19H19NO3/c1-15(19(22)20(2)17-11-7-4-8-12-17)23-18(21)14-13-16-9-5-3-6-10-16/h3-15H,1-2H3/b14-13+/t15-/m1/s1. The lowest BCUT2D eigenvalue weighted by Crippen LogP contribution is -2.37. The summed E-state index contributed by atoms with van der Waals surface area (Å²) in [6, 6.07) is 18.6. The molecule has 0 spiro atoms. The fourth-order valence-corrected chi connectivity index (χ4v) is 2.04. The SMILES string of the molecule is C[C@@H](OC(=O)/C=C/c1ccccc1)C(=O)N(C)c1ccccc1. The summed E-state index contributed by atoms with van der Waals surface area (Å²) in [6.45, 7) is 1.57. The van der Waals surface area contributed by atoms with Crippen LogP contribution in [0.2, 0.25) is 0 Å². The minimum absolute atomic E-state index is 0.280. The summed E-state index contributed by atoms with van der Waals surface area (Å²) >= 11 is 0. The quantitative estimate of drug-likeness (QED) is 0.629. The highest BCUT2D eigenvalue weighted by Crippen LogP contribution is 2.13. The van der Waals surface area contributed by atoms with Gasteiger partial charge in [0.1, 0.15) is 0 Å². The Balaban J connectivity index is 1.93. The molecule has 4 heteroatoms. The van der Waals surface area contributed by atoms with Gasteiger partial charge < -0.3 is 9.64 Å². The van der Waals surface area contributed by atoms with E-state index in [0.717, 1.165) is 11.3 Å². The Morgan fingerprint density at radius 1 is 1.00 bits per heavy atom. The van der Waals surface area contributed by atoms with Gasteiger partial charge in [-0.05, 0) is 30.7 Å². The zero-order valence-corrected chi connectivity index (χ0v) is 13.2. The van der Waals surface area contributed by atoms with Gasteiger partial charge in [0.15, 0.2) is 6.10 Å². The molecule has 1 amide bonds. The third kappa shape index (κ3) is 4.81. The molecule has 23 heavy (non-hydrogen) atoms. The molecular formula is C19H19NO3. The highest BCUT2D eigenvalue weighted by molar-refractivity contribution is 5.98. The molecule has 0 N–H and O–H groups in total. The first-order valence-corrected chi connectivity index (χ1v) is 7.34. The Hall–Kier alpha value is -2.88. The molecule has 2 aromatic carbocycles. The van der Waals surface area contributed by atoms with Gasteiger partial charge in [-0.1, -0.05) is 48.5 Å². The first kappa shape index (κ1) is 16.5. The zero-order chi connectivity index (χ0) is 16.7. The fourth-order valence-electron chi connectivity index (χ4n) is 2.04. The number of para-hydroxylation sites is 1. The lowest BCUT2D eigenvalue weighted by Gasteiger charge is -2.21. The van der Waals surface area contributed by atoms with E-state index in [1.165, 1.54) is 11.0 Å². The van der Waals surface area contributed by atoms with Crippen LogP contribution < -0.4 is 4.90 Å². The molecule has 0 radical (unpaired) electrons. The largest absolute Gasteiger partial charge is 0.449 e. The monoisotopic (exact) mass is 309 g/mol. The zero-order valence-electron chi connectivity index (χ0n) is 13.2. The Labute approximate surface area is 136 Å². The third-order valence-corrected chi connectivity index (χ3v) is 3.33. The van der Waals surface area contributed by atoms with Crippen molar-refractivity contribution in [2.45, 2.75) is 13.0 Å². The minimum atomic E-state index is -0.854. The number of amides is 1. The van der Waals surface area contributed by atoms with Crippen molar-refractivity contribution in [1.82, 2.24) is 0 Å². The summed E-state index contributed by atoms with van der Waals surface area (Å²) in [5, 5.41) is 0. The number of nitrogens with zero attached hydrogens (tertiary/aromatic N) is 1. The molecule has 118 valence electrons. The molecule has 0 fully saturated rings. The van der Waals surface area contributed by atoms with E-state index in [1.807, 2.05) is 60.7 Å². The van der Waals surface area contributed by atoms with Crippen molar-refractivity contribution in [1.29, 1.82) is 0 Å². The van der Waals surface area contributed by atoms with Crippen LogP contribution in [0.5, 0.6) is 0 Å². The third-order valence-electron chi connectivity index (χ3n) is 3.33. The molecule has 2 rings (SSSR count). The molecule has 0 heterocycles. The van der Waals surface area contributed by atoms with Crippen molar-refractivity contribution in [3.8, 4) is 0 Å². The van der Waals surface area contributed by atoms with E-state index in [1.54, 1.807) is 20.0 Å². The second-order valence-corrected chi connectivity index (χ2v) is 5.06. The maximum absolute atomic E-state index is 12.3.